The van der Waals surface area contributed by atoms with Gasteiger partial charge in [-0.2, -0.15) is 0 Å². The van der Waals surface area contributed by atoms with Crippen LogP contribution >= 0.6 is 0 Å². The second-order valence-electron chi connectivity index (χ2n) is 5.36. The summed E-state index contributed by atoms with van der Waals surface area (Å²) in [5, 5.41) is 16.7. The standard InChI is InChI=1S/C16H30N4O/c1-5-9-17-15-10-16(20-14(8-4)19-15)18-11-13(21)12(6-2)7-3/h10,12-13,21H,5-9,11H2,1-4H3,(H2,17,18,19,20). The molecule has 1 rings (SSSR count). The Kier molecular flexibility index (Phi) is 8.05. The molecule has 0 saturated heterocycles. The van der Waals surface area contributed by atoms with E-state index in [0.29, 0.717) is 12.5 Å². The SMILES string of the molecule is CCCNc1cc(NCC(O)C(CC)CC)nc(CC)n1. The predicted octanol–water partition coefficient (Wildman–Crippen LogP) is 3.07. The third-order valence-electron chi connectivity index (χ3n) is 3.73. The van der Waals surface area contributed by atoms with Crippen LogP contribution in [0.5, 0.6) is 0 Å². The van der Waals surface area contributed by atoms with Crippen LogP contribution in [0.25, 0.3) is 0 Å². The lowest BCUT2D eigenvalue weighted by Crippen LogP contribution is -2.28. The van der Waals surface area contributed by atoms with Gasteiger partial charge in [0.05, 0.1) is 6.10 Å². The van der Waals surface area contributed by atoms with Gasteiger partial charge in [-0.05, 0) is 12.3 Å². The number of aromatic nitrogens is 2. The van der Waals surface area contributed by atoms with Gasteiger partial charge >= 0.3 is 0 Å². The van der Waals surface area contributed by atoms with E-state index in [9.17, 15) is 5.11 Å². The molecule has 0 radical (unpaired) electrons. The molecule has 21 heavy (non-hydrogen) atoms. The molecule has 1 atom stereocenters. The molecule has 1 aromatic heterocycles. The first kappa shape index (κ1) is 17.7. The monoisotopic (exact) mass is 294 g/mol. The lowest BCUT2D eigenvalue weighted by Gasteiger charge is -2.20. The van der Waals surface area contributed by atoms with Gasteiger partial charge in [-0.15, -0.1) is 0 Å². The summed E-state index contributed by atoms with van der Waals surface area (Å²) >= 11 is 0. The highest BCUT2D eigenvalue weighted by Gasteiger charge is 2.15. The molecule has 0 aliphatic carbocycles. The Labute approximate surface area is 128 Å². The average Bonchev–Trinajstić information content (AvgIpc) is 2.51. The Balaban J connectivity index is 2.68. The van der Waals surface area contributed by atoms with Crippen molar-refractivity contribution in [3.8, 4) is 0 Å². The Morgan fingerprint density at radius 1 is 1.05 bits per heavy atom. The lowest BCUT2D eigenvalue weighted by atomic mass is 9.97. The zero-order chi connectivity index (χ0) is 15.7. The van der Waals surface area contributed by atoms with E-state index in [2.05, 4.69) is 41.4 Å². The Morgan fingerprint density at radius 2 is 1.67 bits per heavy atom. The van der Waals surface area contributed by atoms with E-state index >= 15 is 0 Å². The summed E-state index contributed by atoms with van der Waals surface area (Å²) in [5.74, 6) is 2.78. The van der Waals surface area contributed by atoms with Crippen LogP contribution < -0.4 is 10.6 Å². The molecule has 1 heterocycles. The number of aliphatic hydroxyl groups excluding tert-OH is 1. The second-order valence-corrected chi connectivity index (χ2v) is 5.36. The number of nitrogens with one attached hydrogen (secondary N) is 2. The maximum absolute atomic E-state index is 10.2. The summed E-state index contributed by atoms with van der Waals surface area (Å²) in [6.45, 7) is 9.83. The number of hydrogen-bond donors (Lipinski definition) is 3. The minimum atomic E-state index is -0.341. The molecule has 1 aromatic rings. The summed E-state index contributed by atoms with van der Waals surface area (Å²) in [6.07, 6.45) is 3.50. The quantitative estimate of drug-likeness (QED) is 0.618. The van der Waals surface area contributed by atoms with Crippen LogP contribution in [0.4, 0.5) is 11.6 Å². The molecule has 0 fully saturated rings. The number of nitrogens with zero attached hydrogens (tertiary/aromatic N) is 2. The molecule has 0 saturated carbocycles. The van der Waals surface area contributed by atoms with Gasteiger partial charge in [0.15, 0.2) is 0 Å². The summed E-state index contributed by atoms with van der Waals surface area (Å²) < 4.78 is 0. The van der Waals surface area contributed by atoms with Crippen molar-refractivity contribution in [3.05, 3.63) is 11.9 Å². The molecule has 1 unspecified atom stereocenters. The molecule has 0 aliphatic rings. The fourth-order valence-corrected chi connectivity index (χ4v) is 2.30. The molecule has 0 bridgehead atoms. The van der Waals surface area contributed by atoms with Crippen molar-refractivity contribution >= 4 is 11.6 Å². The molecular formula is C16H30N4O. The zero-order valence-electron chi connectivity index (χ0n) is 13.8. The predicted molar refractivity (Wildman–Crippen MR) is 88.8 cm³/mol. The highest BCUT2D eigenvalue weighted by molar-refractivity contribution is 5.47. The van der Waals surface area contributed by atoms with Crippen molar-refractivity contribution in [2.24, 2.45) is 5.92 Å². The number of rotatable bonds is 10. The number of hydrogen-bond acceptors (Lipinski definition) is 5. The molecule has 0 aromatic carbocycles. The third kappa shape index (κ3) is 5.87. The Hall–Kier alpha value is -1.36. The molecule has 120 valence electrons. The first-order valence-corrected chi connectivity index (χ1v) is 8.18. The van der Waals surface area contributed by atoms with E-state index in [0.717, 1.165) is 49.7 Å². The smallest absolute Gasteiger partial charge is 0.132 e. The molecule has 5 nitrogen and oxygen atoms in total. The highest BCUT2D eigenvalue weighted by Crippen LogP contribution is 2.16. The van der Waals surface area contributed by atoms with Crippen LogP contribution in [-0.2, 0) is 6.42 Å². The maximum atomic E-state index is 10.2. The fourth-order valence-electron chi connectivity index (χ4n) is 2.30. The molecule has 0 spiro atoms. The molecule has 5 heteroatoms. The van der Waals surface area contributed by atoms with E-state index in [-0.39, 0.29) is 6.10 Å². The van der Waals surface area contributed by atoms with E-state index in [4.69, 9.17) is 0 Å². The van der Waals surface area contributed by atoms with Gasteiger partial charge in [0.2, 0.25) is 0 Å². The zero-order valence-corrected chi connectivity index (χ0v) is 13.8. The first-order chi connectivity index (χ1) is 10.1. The maximum Gasteiger partial charge on any atom is 0.132 e. The molecule has 0 aliphatic heterocycles. The van der Waals surface area contributed by atoms with E-state index < -0.39 is 0 Å². The van der Waals surface area contributed by atoms with Crippen molar-refractivity contribution in [2.75, 3.05) is 23.7 Å². The van der Waals surface area contributed by atoms with Crippen LogP contribution in [0.3, 0.4) is 0 Å². The van der Waals surface area contributed by atoms with Crippen molar-refractivity contribution in [2.45, 2.75) is 59.5 Å². The minimum absolute atomic E-state index is 0.336. The molecular weight excluding hydrogens is 264 g/mol. The van der Waals surface area contributed by atoms with Gasteiger partial charge in [0.1, 0.15) is 17.5 Å². The van der Waals surface area contributed by atoms with E-state index in [1.54, 1.807) is 0 Å². The normalized spacial score (nSPS) is 12.5. The fraction of sp³-hybridized carbons (Fsp3) is 0.750. The van der Waals surface area contributed by atoms with Crippen LogP contribution in [-0.4, -0.2) is 34.3 Å². The topological polar surface area (TPSA) is 70.1 Å². The van der Waals surface area contributed by atoms with Gasteiger partial charge in [-0.3, -0.25) is 0 Å². The van der Waals surface area contributed by atoms with Gasteiger partial charge in [0, 0.05) is 25.6 Å². The van der Waals surface area contributed by atoms with Gasteiger partial charge < -0.3 is 15.7 Å². The van der Waals surface area contributed by atoms with Crippen LogP contribution in [0, 0.1) is 5.92 Å². The molecule has 3 N–H and O–H groups in total. The van der Waals surface area contributed by atoms with Crippen LogP contribution in [0.2, 0.25) is 0 Å². The second kappa shape index (κ2) is 9.55. The summed E-state index contributed by atoms with van der Waals surface area (Å²) in [5.41, 5.74) is 0. The van der Waals surface area contributed by atoms with E-state index in [1.807, 2.05) is 13.0 Å². The summed E-state index contributed by atoms with van der Waals surface area (Å²) in [6, 6.07) is 1.91. The number of aryl methyl sites for hydroxylation is 1. The van der Waals surface area contributed by atoms with Crippen molar-refractivity contribution in [1.82, 2.24) is 9.97 Å². The molecule has 0 amide bonds. The Bertz CT molecular complexity index is 407. The summed E-state index contributed by atoms with van der Waals surface area (Å²) in [7, 11) is 0. The first-order valence-electron chi connectivity index (χ1n) is 8.18. The van der Waals surface area contributed by atoms with Gasteiger partial charge in [0.25, 0.3) is 0 Å². The van der Waals surface area contributed by atoms with Crippen LogP contribution in [0.15, 0.2) is 6.07 Å². The van der Waals surface area contributed by atoms with E-state index in [1.165, 1.54) is 0 Å². The van der Waals surface area contributed by atoms with Crippen LogP contribution in [0.1, 0.15) is 52.8 Å². The highest BCUT2D eigenvalue weighted by atomic mass is 16.3. The van der Waals surface area contributed by atoms with Crippen molar-refractivity contribution < 1.29 is 5.11 Å². The van der Waals surface area contributed by atoms with Crippen molar-refractivity contribution in [3.63, 3.8) is 0 Å². The summed E-state index contributed by atoms with van der Waals surface area (Å²) in [4.78, 5) is 8.93. The largest absolute Gasteiger partial charge is 0.391 e. The lowest BCUT2D eigenvalue weighted by molar-refractivity contribution is 0.114. The van der Waals surface area contributed by atoms with Gasteiger partial charge in [-0.25, -0.2) is 9.97 Å². The number of aliphatic hydroxyl groups is 1. The Morgan fingerprint density at radius 3 is 2.19 bits per heavy atom. The van der Waals surface area contributed by atoms with Gasteiger partial charge in [-0.1, -0.05) is 40.5 Å². The third-order valence-corrected chi connectivity index (χ3v) is 3.73. The number of anilines is 2. The average molecular weight is 294 g/mol. The minimum Gasteiger partial charge on any atom is -0.391 e. The van der Waals surface area contributed by atoms with Crippen molar-refractivity contribution in [1.29, 1.82) is 0 Å².